The molecule has 1 heterocycles. The van der Waals surface area contributed by atoms with E-state index in [-0.39, 0.29) is 5.82 Å². The number of benzene rings is 1. The number of nitrogens with zero attached hydrogens (tertiary/aromatic N) is 1. The molecule has 0 saturated heterocycles. The molecule has 0 aliphatic carbocycles. The van der Waals surface area contributed by atoms with Crippen molar-refractivity contribution >= 4 is 16.9 Å². The number of rotatable bonds is 4. The maximum atomic E-state index is 13.9. The average Bonchev–Trinajstić information content (AvgIpc) is 2.43. The summed E-state index contributed by atoms with van der Waals surface area (Å²) in [4.78, 5) is 16.1. The highest BCUT2D eigenvalue weighted by Crippen LogP contribution is 2.33. The zero-order valence-electron chi connectivity index (χ0n) is 12.8. The molecule has 0 radical (unpaired) electrons. The molecule has 1 aromatic carbocycles. The third kappa shape index (κ3) is 2.62. The summed E-state index contributed by atoms with van der Waals surface area (Å²) in [5.41, 5.74) is 3.64. The minimum atomic E-state index is -0.879. The van der Waals surface area contributed by atoms with Gasteiger partial charge < -0.3 is 5.11 Å². The predicted octanol–water partition coefficient (Wildman–Crippen LogP) is 4.13. The van der Waals surface area contributed by atoms with Gasteiger partial charge >= 0.3 is 5.97 Å². The monoisotopic (exact) mass is 289 g/mol. The van der Waals surface area contributed by atoms with Crippen molar-refractivity contribution in [1.29, 1.82) is 0 Å². The number of carboxylic acid groups (broad SMARTS) is 1. The summed E-state index contributed by atoms with van der Waals surface area (Å²) in [5.74, 6) is -1.84. The molecule has 1 atom stereocenters. The van der Waals surface area contributed by atoms with Gasteiger partial charge in [-0.3, -0.25) is 9.78 Å². The van der Waals surface area contributed by atoms with Crippen molar-refractivity contribution < 1.29 is 14.3 Å². The maximum Gasteiger partial charge on any atom is 0.310 e. The topological polar surface area (TPSA) is 50.2 Å². The fraction of sp³-hybridized carbons (Fsp3) is 0.412. The van der Waals surface area contributed by atoms with E-state index < -0.39 is 11.9 Å². The third-order valence-corrected chi connectivity index (χ3v) is 4.05. The zero-order chi connectivity index (χ0) is 15.7. The molecule has 1 unspecified atom stereocenters. The Morgan fingerprint density at radius 1 is 1.33 bits per heavy atom. The zero-order valence-corrected chi connectivity index (χ0v) is 12.8. The van der Waals surface area contributed by atoms with Crippen LogP contribution in [-0.2, 0) is 11.2 Å². The van der Waals surface area contributed by atoms with Crippen LogP contribution in [0.25, 0.3) is 10.9 Å². The number of hydrogen-bond acceptors (Lipinski definition) is 2. The van der Waals surface area contributed by atoms with Crippen molar-refractivity contribution in [1.82, 2.24) is 4.98 Å². The summed E-state index contributed by atoms with van der Waals surface area (Å²) in [6, 6.07) is 3.12. The van der Waals surface area contributed by atoms with Crippen molar-refractivity contribution in [2.24, 2.45) is 0 Å². The highest BCUT2D eigenvalue weighted by molar-refractivity contribution is 5.90. The molecule has 1 N–H and O–H groups in total. The molecular weight excluding hydrogens is 269 g/mol. The minimum Gasteiger partial charge on any atom is -0.481 e. The highest BCUT2D eigenvalue weighted by atomic mass is 19.1. The Morgan fingerprint density at radius 2 is 2.00 bits per heavy atom. The lowest BCUT2D eigenvalue weighted by atomic mass is 9.88. The summed E-state index contributed by atoms with van der Waals surface area (Å²) in [6.45, 7) is 7.39. The predicted molar refractivity (Wildman–Crippen MR) is 81.2 cm³/mol. The molecule has 112 valence electrons. The lowest BCUT2D eigenvalue weighted by Crippen LogP contribution is -2.14. The van der Waals surface area contributed by atoms with Crippen LogP contribution in [0.1, 0.15) is 48.6 Å². The molecule has 0 aliphatic heterocycles. The molecule has 2 rings (SSSR count). The Kier molecular flexibility index (Phi) is 4.26. The number of aromatic nitrogens is 1. The fourth-order valence-corrected chi connectivity index (χ4v) is 2.86. The van der Waals surface area contributed by atoms with E-state index in [1.165, 1.54) is 6.07 Å². The molecule has 0 spiro atoms. The lowest BCUT2D eigenvalue weighted by Gasteiger charge is -2.19. The summed E-state index contributed by atoms with van der Waals surface area (Å²) in [7, 11) is 0. The standard InChI is InChI=1S/C17H20FNO2/c1-5-11(17(20)21)16-10(4)14(6-2)19-15-7-9(3)13(18)8-12(15)16/h7-8,11H,5-6H2,1-4H3,(H,20,21). The van der Waals surface area contributed by atoms with Gasteiger partial charge in [0.1, 0.15) is 5.82 Å². The van der Waals surface area contributed by atoms with E-state index in [1.807, 2.05) is 20.8 Å². The Labute approximate surface area is 123 Å². The highest BCUT2D eigenvalue weighted by Gasteiger charge is 2.24. The van der Waals surface area contributed by atoms with Gasteiger partial charge in [-0.05, 0) is 55.5 Å². The third-order valence-electron chi connectivity index (χ3n) is 4.05. The summed E-state index contributed by atoms with van der Waals surface area (Å²) in [5, 5.41) is 10.1. The Balaban J connectivity index is 2.90. The van der Waals surface area contributed by atoms with Crippen LogP contribution in [0.15, 0.2) is 12.1 Å². The van der Waals surface area contributed by atoms with Gasteiger partial charge in [0.25, 0.3) is 0 Å². The van der Waals surface area contributed by atoms with Crippen LogP contribution in [0.2, 0.25) is 0 Å². The molecule has 0 amide bonds. The molecule has 2 aromatic rings. The van der Waals surface area contributed by atoms with Crippen LogP contribution < -0.4 is 0 Å². The Morgan fingerprint density at radius 3 is 2.52 bits per heavy atom. The van der Waals surface area contributed by atoms with Gasteiger partial charge in [0.15, 0.2) is 0 Å². The van der Waals surface area contributed by atoms with Crippen molar-refractivity contribution in [2.45, 2.75) is 46.5 Å². The number of pyridine rings is 1. The van der Waals surface area contributed by atoms with Crippen molar-refractivity contribution in [2.75, 3.05) is 0 Å². The van der Waals surface area contributed by atoms with Crippen LogP contribution in [0.4, 0.5) is 4.39 Å². The van der Waals surface area contributed by atoms with Crippen LogP contribution in [0, 0.1) is 19.7 Å². The molecule has 0 aliphatic rings. The first-order chi connectivity index (χ1) is 9.90. The molecular formula is C17H20FNO2. The van der Waals surface area contributed by atoms with E-state index in [9.17, 15) is 14.3 Å². The number of fused-ring (bicyclic) bond motifs is 1. The van der Waals surface area contributed by atoms with Crippen LogP contribution in [0.3, 0.4) is 0 Å². The molecule has 0 bridgehead atoms. The van der Waals surface area contributed by atoms with Crippen LogP contribution in [0.5, 0.6) is 0 Å². The molecule has 3 nitrogen and oxygen atoms in total. The van der Waals surface area contributed by atoms with E-state index in [2.05, 4.69) is 4.98 Å². The first kappa shape index (κ1) is 15.4. The minimum absolute atomic E-state index is 0.325. The Hall–Kier alpha value is -1.97. The van der Waals surface area contributed by atoms with Gasteiger partial charge in [0.05, 0.1) is 11.4 Å². The molecule has 4 heteroatoms. The summed E-state index contributed by atoms with van der Waals surface area (Å²) < 4.78 is 13.9. The van der Waals surface area contributed by atoms with E-state index in [4.69, 9.17) is 0 Å². The van der Waals surface area contributed by atoms with Crippen molar-refractivity contribution in [3.8, 4) is 0 Å². The molecule has 0 fully saturated rings. The van der Waals surface area contributed by atoms with Gasteiger partial charge in [-0.25, -0.2) is 4.39 Å². The quantitative estimate of drug-likeness (QED) is 0.920. The van der Waals surface area contributed by atoms with Crippen LogP contribution >= 0.6 is 0 Å². The van der Waals surface area contributed by atoms with Gasteiger partial charge in [0.2, 0.25) is 0 Å². The molecule has 0 saturated carbocycles. The first-order valence-electron chi connectivity index (χ1n) is 7.22. The van der Waals surface area contributed by atoms with Gasteiger partial charge in [-0.15, -0.1) is 0 Å². The van der Waals surface area contributed by atoms with E-state index in [0.717, 1.165) is 17.7 Å². The second-order valence-electron chi connectivity index (χ2n) is 5.37. The second kappa shape index (κ2) is 5.80. The smallest absolute Gasteiger partial charge is 0.310 e. The maximum absolute atomic E-state index is 13.9. The first-order valence-corrected chi connectivity index (χ1v) is 7.22. The number of halogens is 1. The molecule has 21 heavy (non-hydrogen) atoms. The average molecular weight is 289 g/mol. The number of aryl methyl sites for hydroxylation is 2. The normalized spacial score (nSPS) is 12.6. The number of aliphatic carboxylic acids is 1. The number of hydrogen-bond donors (Lipinski definition) is 1. The van der Waals surface area contributed by atoms with Gasteiger partial charge in [0, 0.05) is 11.1 Å². The second-order valence-corrected chi connectivity index (χ2v) is 5.37. The van der Waals surface area contributed by atoms with E-state index in [1.54, 1.807) is 13.0 Å². The van der Waals surface area contributed by atoms with Crippen molar-refractivity contribution in [3.63, 3.8) is 0 Å². The SMILES string of the molecule is CCc1nc2cc(C)c(F)cc2c(C(CC)C(=O)O)c1C. The van der Waals surface area contributed by atoms with Crippen molar-refractivity contribution in [3.05, 3.63) is 40.3 Å². The molecule has 1 aromatic heterocycles. The van der Waals surface area contributed by atoms with Gasteiger partial charge in [-0.1, -0.05) is 13.8 Å². The van der Waals surface area contributed by atoms with E-state index in [0.29, 0.717) is 28.5 Å². The largest absolute Gasteiger partial charge is 0.481 e. The van der Waals surface area contributed by atoms with E-state index >= 15 is 0 Å². The summed E-state index contributed by atoms with van der Waals surface area (Å²) in [6.07, 6.45) is 1.19. The summed E-state index contributed by atoms with van der Waals surface area (Å²) >= 11 is 0. The fourth-order valence-electron chi connectivity index (χ4n) is 2.86. The number of carbonyl (C=O) groups is 1. The number of carboxylic acids is 1. The van der Waals surface area contributed by atoms with Crippen LogP contribution in [-0.4, -0.2) is 16.1 Å². The lowest BCUT2D eigenvalue weighted by molar-refractivity contribution is -0.138. The Bertz CT molecular complexity index is 710. The van der Waals surface area contributed by atoms with Gasteiger partial charge in [-0.2, -0.15) is 0 Å².